The second-order valence-corrected chi connectivity index (χ2v) is 3.25. The molecular formula is C7H9N5S. The molecule has 2 heterocycles. The second kappa shape index (κ2) is 3.63. The van der Waals surface area contributed by atoms with Gasteiger partial charge in [0, 0.05) is 5.38 Å². The number of H-pyrrole nitrogens is 1. The van der Waals surface area contributed by atoms with Crippen LogP contribution in [0.2, 0.25) is 0 Å². The number of aromatic amines is 1. The van der Waals surface area contributed by atoms with Gasteiger partial charge < -0.3 is 5.32 Å². The SMILES string of the molecule is CNC(c1cscn1)c1cn[nH]n1. The zero-order chi connectivity index (χ0) is 9.10. The predicted molar refractivity (Wildman–Crippen MR) is 49.4 cm³/mol. The summed E-state index contributed by atoms with van der Waals surface area (Å²) >= 11 is 1.57. The Morgan fingerprint density at radius 2 is 2.46 bits per heavy atom. The van der Waals surface area contributed by atoms with E-state index in [1.165, 1.54) is 0 Å². The number of thiazole rings is 1. The van der Waals surface area contributed by atoms with Crippen LogP contribution in [0.3, 0.4) is 0 Å². The van der Waals surface area contributed by atoms with Crippen LogP contribution in [0.15, 0.2) is 17.1 Å². The van der Waals surface area contributed by atoms with Crippen LogP contribution in [0.1, 0.15) is 17.4 Å². The third kappa shape index (κ3) is 1.58. The molecule has 0 fully saturated rings. The first kappa shape index (κ1) is 8.33. The smallest absolute Gasteiger partial charge is 0.105 e. The highest BCUT2D eigenvalue weighted by Gasteiger charge is 2.15. The summed E-state index contributed by atoms with van der Waals surface area (Å²) in [6.45, 7) is 0. The lowest BCUT2D eigenvalue weighted by Gasteiger charge is -2.08. The summed E-state index contributed by atoms with van der Waals surface area (Å²) < 4.78 is 0. The zero-order valence-corrected chi connectivity index (χ0v) is 7.88. The Labute approximate surface area is 79.2 Å². The molecule has 0 radical (unpaired) electrons. The summed E-state index contributed by atoms with van der Waals surface area (Å²) in [5, 5.41) is 15.5. The van der Waals surface area contributed by atoms with Gasteiger partial charge in [0.05, 0.1) is 23.4 Å². The third-order valence-corrected chi connectivity index (χ3v) is 2.37. The maximum Gasteiger partial charge on any atom is 0.105 e. The van der Waals surface area contributed by atoms with Crippen molar-refractivity contribution in [1.29, 1.82) is 0 Å². The van der Waals surface area contributed by atoms with E-state index in [2.05, 4.69) is 25.7 Å². The van der Waals surface area contributed by atoms with Crippen molar-refractivity contribution in [2.75, 3.05) is 7.05 Å². The summed E-state index contributed by atoms with van der Waals surface area (Å²) in [6.07, 6.45) is 1.69. The summed E-state index contributed by atoms with van der Waals surface area (Å²) in [6, 6.07) is 0.0324. The third-order valence-electron chi connectivity index (χ3n) is 1.77. The fourth-order valence-corrected chi connectivity index (χ4v) is 1.74. The number of rotatable bonds is 3. The van der Waals surface area contributed by atoms with Crippen molar-refractivity contribution in [3.63, 3.8) is 0 Å². The van der Waals surface area contributed by atoms with Crippen molar-refractivity contribution in [2.24, 2.45) is 0 Å². The largest absolute Gasteiger partial charge is 0.307 e. The molecule has 13 heavy (non-hydrogen) atoms. The molecule has 0 aliphatic rings. The van der Waals surface area contributed by atoms with Crippen LogP contribution in [0.5, 0.6) is 0 Å². The Morgan fingerprint density at radius 3 is 3.00 bits per heavy atom. The molecule has 2 aromatic rings. The lowest BCUT2D eigenvalue weighted by molar-refractivity contribution is 0.652. The summed E-state index contributed by atoms with van der Waals surface area (Å²) in [5.41, 5.74) is 3.63. The molecule has 2 aromatic heterocycles. The molecule has 6 heteroatoms. The van der Waals surface area contributed by atoms with Crippen molar-refractivity contribution in [1.82, 2.24) is 25.7 Å². The number of hydrogen-bond donors (Lipinski definition) is 2. The van der Waals surface area contributed by atoms with Crippen LogP contribution >= 0.6 is 11.3 Å². The molecule has 0 spiro atoms. The number of nitrogens with one attached hydrogen (secondary N) is 2. The molecule has 2 N–H and O–H groups in total. The first-order valence-corrected chi connectivity index (χ1v) is 4.77. The highest BCUT2D eigenvalue weighted by Crippen LogP contribution is 2.18. The van der Waals surface area contributed by atoms with Gasteiger partial charge in [0.1, 0.15) is 5.69 Å². The molecule has 0 bridgehead atoms. The number of nitrogens with zero attached hydrogens (tertiary/aromatic N) is 3. The second-order valence-electron chi connectivity index (χ2n) is 2.53. The molecule has 0 aliphatic heterocycles. The van der Waals surface area contributed by atoms with E-state index in [1.54, 1.807) is 23.0 Å². The van der Waals surface area contributed by atoms with Gasteiger partial charge in [-0.25, -0.2) is 4.98 Å². The van der Waals surface area contributed by atoms with E-state index in [0.717, 1.165) is 11.4 Å². The molecule has 0 aromatic carbocycles. The summed E-state index contributed by atoms with van der Waals surface area (Å²) in [5.74, 6) is 0. The zero-order valence-electron chi connectivity index (χ0n) is 7.06. The van der Waals surface area contributed by atoms with E-state index >= 15 is 0 Å². The lowest BCUT2D eigenvalue weighted by Crippen LogP contribution is -2.18. The van der Waals surface area contributed by atoms with Gasteiger partial charge in [0.2, 0.25) is 0 Å². The maximum absolute atomic E-state index is 4.22. The molecule has 0 aliphatic carbocycles. The molecule has 1 unspecified atom stereocenters. The average Bonchev–Trinajstić information content (AvgIpc) is 2.76. The highest BCUT2D eigenvalue weighted by molar-refractivity contribution is 7.07. The average molecular weight is 195 g/mol. The maximum atomic E-state index is 4.22. The minimum Gasteiger partial charge on any atom is -0.307 e. The Morgan fingerprint density at radius 1 is 1.54 bits per heavy atom. The Hall–Kier alpha value is -1.27. The van der Waals surface area contributed by atoms with Crippen molar-refractivity contribution in [3.8, 4) is 0 Å². The molecule has 2 rings (SSSR count). The van der Waals surface area contributed by atoms with Crippen LogP contribution in [0, 0.1) is 0 Å². The molecule has 68 valence electrons. The van der Waals surface area contributed by atoms with E-state index in [-0.39, 0.29) is 6.04 Å². The van der Waals surface area contributed by atoms with Crippen molar-refractivity contribution in [3.05, 3.63) is 28.5 Å². The van der Waals surface area contributed by atoms with Crippen molar-refractivity contribution in [2.45, 2.75) is 6.04 Å². The standard InChI is InChI=1S/C7H9N5S/c1-8-7(5-2-10-12-11-5)6-3-13-4-9-6/h2-4,7-8H,1H3,(H,10,11,12). The fourth-order valence-electron chi connectivity index (χ4n) is 1.16. The van der Waals surface area contributed by atoms with E-state index in [9.17, 15) is 0 Å². The Balaban J connectivity index is 2.29. The van der Waals surface area contributed by atoms with Gasteiger partial charge in [-0.3, -0.25) is 0 Å². The minimum atomic E-state index is 0.0324. The van der Waals surface area contributed by atoms with Crippen LogP contribution in [-0.4, -0.2) is 27.4 Å². The van der Waals surface area contributed by atoms with Gasteiger partial charge in [-0.05, 0) is 7.05 Å². The summed E-state index contributed by atoms with van der Waals surface area (Å²) in [4.78, 5) is 4.22. The number of aromatic nitrogens is 4. The highest BCUT2D eigenvalue weighted by atomic mass is 32.1. The van der Waals surface area contributed by atoms with Crippen LogP contribution in [-0.2, 0) is 0 Å². The number of hydrogen-bond acceptors (Lipinski definition) is 5. The van der Waals surface area contributed by atoms with Gasteiger partial charge in [-0.2, -0.15) is 15.4 Å². The van der Waals surface area contributed by atoms with Crippen LogP contribution < -0.4 is 5.32 Å². The van der Waals surface area contributed by atoms with Crippen molar-refractivity contribution < 1.29 is 0 Å². The van der Waals surface area contributed by atoms with E-state index < -0.39 is 0 Å². The fraction of sp³-hybridized carbons (Fsp3) is 0.286. The molecular weight excluding hydrogens is 186 g/mol. The molecule has 0 saturated heterocycles. The topological polar surface area (TPSA) is 66.5 Å². The predicted octanol–water partition coefficient (Wildman–Crippen LogP) is 0.570. The molecule has 0 amide bonds. The first-order valence-electron chi connectivity index (χ1n) is 3.83. The summed E-state index contributed by atoms with van der Waals surface area (Å²) in [7, 11) is 1.87. The van der Waals surface area contributed by atoms with Gasteiger partial charge in [-0.15, -0.1) is 11.3 Å². The van der Waals surface area contributed by atoms with E-state index in [1.807, 2.05) is 12.4 Å². The molecule has 1 atom stereocenters. The van der Waals surface area contributed by atoms with E-state index in [0.29, 0.717) is 0 Å². The molecule has 5 nitrogen and oxygen atoms in total. The normalized spacial score (nSPS) is 13.0. The first-order chi connectivity index (χ1) is 6.42. The van der Waals surface area contributed by atoms with E-state index in [4.69, 9.17) is 0 Å². The van der Waals surface area contributed by atoms with Gasteiger partial charge in [-0.1, -0.05) is 0 Å². The molecule has 0 saturated carbocycles. The quantitative estimate of drug-likeness (QED) is 0.751. The van der Waals surface area contributed by atoms with Gasteiger partial charge in [0.25, 0.3) is 0 Å². The van der Waals surface area contributed by atoms with Crippen molar-refractivity contribution >= 4 is 11.3 Å². The van der Waals surface area contributed by atoms with Crippen LogP contribution in [0.4, 0.5) is 0 Å². The minimum absolute atomic E-state index is 0.0324. The van der Waals surface area contributed by atoms with Gasteiger partial charge >= 0.3 is 0 Å². The van der Waals surface area contributed by atoms with Crippen LogP contribution in [0.25, 0.3) is 0 Å². The monoisotopic (exact) mass is 195 g/mol. The van der Waals surface area contributed by atoms with Gasteiger partial charge in [0.15, 0.2) is 0 Å². The Kier molecular flexibility index (Phi) is 2.33. The Bertz CT molecular complexity index is 307. The lowest BCUT2D eigenvalue weighted by atomic mass is 10.2.